The topological polar surface area (TPSA) is 51.6 Å². The minimum Gasteiger partial charge on any atom is -0.466 e. The number of nitrogens with two attached hydrogens (primary N) is 1. The van der Waals surface area contributed by atoms with E-state index >= 15 is 0 Å². The first-order chi connectivity index (χ1) is 8.24. The molecule has 0 aliphatic heterocycles. The van der Waals surface area contributed by atoms with Crippen molar-refractivity contribution in [3.05, 3.63) is 22.6 Å². The molecule has 1 heterocycles. The zero-order chi connectivity index (χ0) is 12.7. The molecule has 0 aliphatic rings. The van der Waals surface area contributed by atoms with Crippen molar-refractivity contribution in [2.45, 2.75) is 19.9 Å². The van der Waals surface area contributed by atoms with E-state index in [4.69, 9.17) is 14.9 Å². The predicted octanol–water partition coefficient (Wildman–Crippen LogP) is 2.40. The van der Waals surface area contributed by atoms with Crippen LogP contribution in [0.4, 0.5) is 0 Å². The van der Waals surface area contributed by atoms with Crippen molar-refractivity contribution in [3.63, 3.8) is 0 Å². The van der Waals surface area contributed by atoms with Gasteiger partial charge in [0.2, 0.25) is 0 Å². The lowest BCUT2D eigenvalue weighted by Crippen LogP contribution is -2.36. The van der Waals surface area contributed by atoms with Crippen molar-refractivity contribution in [3.8, 4) is 0 Å². The second-order valence-electron chi connectivity index (χ2n) is 3.71. The normalized spacial score (nSPS) is 13.2. The second-order valence-corrected chi connectivity index (χ2v) is 4.56. The number of rotatable bonds is 8. The van der Waals surface area contributed by atoms with E-state index in [1.54, 1.807) is 6.26 Å². The molecule has 0 aliphatic carbocycles. The van der Waals surface area contributed by atoms with Crippen LogP contribution in [-0.2, 0) is 4.74 Å². The summed E-state index contributed by atoms with van der Waals surface area (Å²) in [6.07, 6.45) is 1.68. The van der Waals surface area contributed by atoms with Crippen LogP contribution < -0.4 is 5.73 Å². The highest BCUT2D eigenvalue weighted by molar-refractivity contribution is 9.10. The van der Waals surface area contributed by atoms with E-state index in [9.17, 15) is 0 Å². The molecule has 0 saturated heterocycles. The molecule has 0 fully saturated rings. The largest absolute Gasteiger partial charge is 0.466 e. The predicted molar refractivity (Wildman–Crippen MR) is 71.9 cm³/mol. The first kappa shape index (κ1) is 14.7. The third-order valence-corrected chi connectivity index (χ3v) is 3.40. The Morgan fingerprint density at radius 1 is 1.53 bits per heavy atom. The first-order valence-corrected chi connectivity index (χ1v) is 6.78. The Morgan fingerprint density at radius 3 is 2.76 bits per heavy atom. The maximum atomic E-state index is 5.85. The van der Waals surface area contributed by atoms with Crippen LogP contribution in [0.2, 0.25) is 0 Å². The maximum absolute atomic E-state index is 5.85. The van der Waals surface area contributed by atoms with Gasteiger partial charge in [0.25, 0.3) is 0 Å². The molecule has 0 bridgehead atoms. The minimum atomic E-state index is 0.102. The maximum Gasteiger partial charge on any atom is 0.136 e. The van der Waals surface area contributed by atoms with Crippen LogP contribution in [0.3, 0.4) is 0 Å². The summed E-state index contributed by atoms with van der Waals surface area (Å²) in [5.41, 5.74) is 5.85. The first-order valence-electron chi connectivity index (χ1n) is 5.99. The zero-order valence-corrected chi connectivity index (χ0v) is 12.1. The number of furan rings is 1. The summed E-state index contributed by atoms with van der Waals surface area (Å²) in [4.78, 5) is 2.26. The molecule has 4 nitrogen and oxygen atoms in total. The molecule has 0 aromatic carbocycles. The average Bonchev–Trinajstić information content (AvgIpc) is 2.75. The van der Waals surface area contributed by atoms with Crippen LogP contribution in [0.5, 0.6) is 0 Å². The number of halogens is 1. The lowest BCUT2D eigenvalue weighted by Gasteiger charge is -2.28. The van der Waals surface area contributed by atoms with Crippen molar-refractivity contribution >= 4 is 15.9 Å². The third kappa shape index (κ3) is 4.10. The standard InChI is InChI=1S/C12H21BrN2O2/c1-3-15(6-8-16-4-2)11(9-14)12-10(13)5-7-17-12/h5,7,11H,3-4,6,8-9,14H2,1-2H3. The molecule has 17 heavy (non-hydrogen) atoms. The van der Waals surface area contributed by atoms with Gasteiger partial charge in [-0.2, -0.15) is 0 Å². The van der Waals surface area contributed by atoms with Crippen LogP contribution in [-0.4, -0.2) is 37.7 Å². The van der Waals surface area contributed by atoms with Gasteiger partial charge in [-0.3, -0.25) is 4.90 Å². The van der Waals surface area contributed by atoms with E-state index < -0.39 is 0 Å². The van der Waals surface area contributed by atoms with E-state index in [1.165, 1.54) is 0 Å². The number of ether oxygens (including phenoxy) is 1. The fourth-order valence-corrected chi connectivity index (χ4v) is 2.29. The number of hydrogen-bond acceptors (Lipinski definition) is 4. The van der Waals surface area contributed by atoms with Crippen molar-refractivity contribution in [2.24, 2.45) is 5.73 Å². The molecular weight excluding hydrogens is 284 g/mol. The minimum absolute atomic E-state index is 0.102. The van der Waals surface area contributed by atoms with Gasteiger partial charge < -0.3 is 14.9 Å². The smallest absolute Gasteiger partial charge is 0.136 e. The van der Waals surface area contributed by atoms with Crippen LogP contribution >= 0.6 is 15.9 Å². The van der Waals surface area contributed by atoms with Crippen LogP contribution in [0, 0.1) is 0 Å². The Kier molecular flexibility index (Phi) is 6.80. The Balaban J connectivity index is 2.66. The van der Waals surface area contributed by atoms with E-state index in [-0.39, 0.29) is 6.04 Å². The third-order valence-electron chi connectivity index (χ3n) is 2.74. The van der Waals surface area contributed by atoms with E-state index in [2.05, 4.69) is 27.8 Å². The molecular formula is C12H21BrN2O2. The molecule has 1 atom stereocenters. The monoisotopic (exact) mass is 304 g/mol. The second kappa shape index (κ2) is 7.87. The van der Waals surface area contributed by atoms with Gasteiger partial charge in [0.15, 0.2) is 0 Å². The van der Waals surface area contributed by atoms with Crippen LogP contribution in [0.15, 0.2) is 21.2 Å². The quantitative estimate of drug-likeness (QED) is 0.749. The van der Waals surface area contributed by atoms with Crippen LogP contribution in [0.25, 0.3) is 0 Å². The lowest BCUT2D eigenvalue weighted by atomic mass is 10.2. The Morgan fingerprint density at radius 2 is 2.29 bits per heavy atom. The summed E-state index contributed by atoms with van der Waals surface area (Å²) in [7, 11) is 0. The van der Waals surface area contributed by atoms with Gasteiger partial charge in [0.1, 0.15) is 5.76 Å². The fraction of sp³-hybridized carbons (Fsp3) is 0.667. The highest BCUT2D eigenvalue weighted by Gasteiger charge is 2.22. The molecule has 0 spiro atoms. The zero-order valence-electron chi connectivity index (χ0n) is 10.5. The Hall–Kier alpha value is -0.360. The summed E-state index contributed by atoms with van der Waals surface area (Å²) in [5.74, 6) is 0.894. The van der Waals surface area contributed by atoms with Gasteiger partial charge in [0, 0.05) is 19.7 Å². The van der Waals surface area contributed by atoms with E-state index in [1.807, 2.05) is 13.0 Å². The van der Waals surface area contributed by atoms with E-state index in [0.717, 1.165) is 36.5 Å². The summed E-state index contributed by atoms with van der Waals surface area (Å²) in [5, 5.41) is 0. The Bertz CT molecular complexity index is 317. The average molecular weight is 305 g/mol. The molecule has 0 radical (unpaired) electrons. The van der Waals surface area contributed by atoms with Crippen molar-refractivity contribution < 1.29 is 9.15 Å². The molecule has 0 saturated carbocycles. The van der Waals surface area contributed by atoms with Gasteiger partial charge in [-0.05, 0) is 35.5 Å². The SMILES string of the molecule is CCOCCN(CC)C(CN)c1occc1Br. The molecule has 5 heteroatoms. The molecule has 0 amide bonds. The molecule has 1 rings (SSSR count). The number of likely N-dealkylation sites (N-methyl/N-ethyl adjacent to an activating group) is 1. The molecule has 1 aromatic heterocycles. The van der Waals surface area contributed by atoms with Crippen molar-refractivity contribution in [1.29, 1.82) is 0 Å². The van der Waals surface area contributed by atoms with Gasteiger partial charge in [-0.25, -0.2) is 0 Å². The summed E-state index contributed by atoms with van der Waals surface area (Å²) < 4.78 is 11.9. The van der Waals surface area contributed by atoms with Gasteiger partial charge in [-0.15, -0.1) is 0 Å². The molecule has 2 N–H and O–H groups in total. The van der Waals surface area contributed by atoms with Crippen molar-refractivity contribution in [2.75, 3.05) is 32.8 Å². The fourth-order valence-electron chi connectivity index (χ4n) is 1.83. The summed E-state index contributed by atoms with van der Waals surface area (Å²) in [6.45, 7) is 7.90. The van der Waals surface area contributed by atoms with Gasteiger partial charge in [0.05, 0.1) is 23.4 Å². The Labute approximate surface area is 111 Å². The van der Waals surface area contributed by atoms with Crippen LogP contribution in [0.1, 0.15) is 25.6 Å². The van der Waals surface area contributed by atoms with E-state index in [0.29, 0.717) is 6.54 Å². The molecule has 1 aromatic rings. The highest BCUT2D eigenvalue weighted by Crippen LogP contribution is 2.27. The number of hydrogen-bond donors (Lipinski definition) is 1. The van der Waals surface area contributed by atoms with Crippen molar-refractivity contribution in [1.82, 2.24) is 4.90 Å². The summed E-state index contributed by atoms with van der Waals surface area (Å²) in [6, 6.07) is 2.00. The van der Waals surface area contributed by atoms with Gasteiger partial charge >= 0.3 is 0 Å². The lowest BCUT2D eigenvalue weighted by molar-refractivity contribution is 0.0924. The van der Waals surface area contributed by atoms with Gasteiger partial charge in [-0.1, -0.05) is 6.92 Å². The molecule has 98 valence electrons. The number of nitrogens with zero attached hydrogens (tertiary/aromatic N) is 1. The highest BCUT2D eigenvalue weighted by atomic mass is 79.9. The summed E-state index contributed by atoms with van der Waals surface area (Å²) >= 11 is 3.48. The molecule has 1 unspecified atom stereocenters.